The molecule has 0 aromatic rings. The molecule has 0 aromatic heterocycles. The number of carbonyl (C=O) groups is 1. The highest BCUT2D eigenvalue weighted by Gasteiger charge is 2.45. The summed E-state index contributed by atoms with van der Waals surface area (Å²) in [5, 5.41) is 0. The number of methoxy groups -OCH3 is 1. The van der Waals surface area contributed by atoms with Crippen LogP contribution in [0.3, 0.4) is 0 Å². The Morgan fingerprint density at radius 2 is 2.05 bits per heavy atom. The Hall–Kier alpha value is -0.650. The van der Waals surface area contributed by atoms with Crippen LogP contribution in [-0.4, -0.2) is 55.9 Å². The number of esters is 1. The average molecular weight is 284 g/mol. The van der Waals surface area contributed by atoms with Crippen molar-refractivity contribution in [2.45, 2.75) is 50.6 Å². The molecule has 1 heterocycles. The molecule has 2 unspecified atom stereocenters. The molecule has 5 heteroatoms. The molecule has 2 fully saturated rings. The summed E-state index contributed by atoms with van der Waals surface area (Å²) in [5.74, 6) is 0.460. The standard InChI is InChI=1S/C15H28N2O3/c1-3-20-14(18)15(16)7-4-13(10-15)17-8-5-12(6-9-17)11-19-2/h12-13H,3-11,16H2,1-2H3. The summed E-state index contributed by atoms with van der Waals surface area (Å²) in [6, 6.07) is 0.438. The molecule has 2 aliphatic rings. The highest BCUT2D eigenvalue weighted by molar-refractivity contribution is 5.81. The summed E-state index contributed by atoms with van der Waals surface area (Å²) in [7, 11) is 1.77. The maximum Gasteiger partial charge on any atom is 0.326 e. The van der Waals surface area contributed by atoms with Gasteiger partial charge in [0.05, 0.1) is 6.61 Å². The van der Waals surface area contributed by atoms with E-state index in [0.29, 0.717) is 18.6 Å². The molecule has 0 radical (unpaired) electrons. The fourth-order valence-corrected chi connectivity index (χ4v) is 3.54. The lowest BCUT2D eigenvalue weighted by Gasteiger charge is -2.36. The van der Waals surface area contributed by atoms with Crippen LogP contribution in [0.4, 0.5) is 0 Å². The van der Waals surface area contributed by atoms with Gasteiger partial charge in [-0.2, -0.15) is 0 Å². The molecule has 2 rings (SSSR count). The van der Waals surface area contributed by atoms with Crippen LogP contribution in [0, 0.1) is 5.92 Å². The van der Waals surface area contributed by atoms with E-state index in [9.17, 15) is 4.79 Å². The second-order valence-electron chi connectivity index (χ2n) is 6.21. The smallest absolute Gasteiger partial charge is 0.326 e. The Kier molecular flexibility index (Phi) is 5.41. The predicted octanol–water partition coefficient (Wildman–Crippen LogP) is 1.16. The van der Waals surface area contributed by atoms with E-state index >= 15 is 0 Å². The van der Waals surface area contributed by atoms with Crippen LogP contribution in [0.5, 0.6) is 0 Å². The van der Waals surface area contributed by atoms with Crippen molar-refractivity contribution in [1.82, 2.24) is 4.90 Å². The van der Waals surface area contributed by atoms with Crippen LogP contribution < -0.4 is 5.73 Å². The molecule has 5 nitrogen and oxygen atoms in total. The molecule has 1 saturated heterocycles. The quantitative estimate of drug-likeness (QED) is 0.767. The van der Waals surface area contributed by atoms with Crippen LogP contribution in [0.25, 0.3) is 0 Å². The topological polar surface area (TPSA) is 64.8 Å². The molecule has 2 N–H and O–H groups in total. The Morgan fingerprint density at radius 3 is 2.65 bits per heavy atom. The third-order valence-corrected chi connectivity index (χ3v) is 4.77. The molecule has 0 bridgehead atoms. The summed E-state index contributed by atoms with van der Waals surface area (Å²) in [4.78, 5) is 14.5. The number of hydrogen-bond donors (Lipinski definition) is 1. The van der Waals surface area contributed by atoms with Crippen molar-refractivity contribution in [3.63, 3.8) is 0 Å². The van der Waals surface area contributed by atoms with Crippen LogP contribution in [0.1, 0.15) is 39.0 Å². The Bertz CT molecular complexity index is 329. The van der Waals surface area contributed by atoms with E-state index in [1.54, 1.807) is 7.11 Å². The van der Waals surface area contributed by atoms with Crippen molar-refractivity contribution in [3.8, 4) is 0 Å². The number of nitrogens with two attached hydrogens (primary N) is 1. The van der Waals surface area contributed by atoms with Gasteiger partial charge in [0.2, 0.25) is 0 Å². The third kappa shape index (κ3) is 3.51. The van der Waals surface area contributed by atoms with Gasteiger partial charge in [0.15, 0.2) is 0 Å². The number of ether oxygens (including phenoxy) is 2. The Labute approximate surface area is 121 Å². The van der Waals surface area contributed by atoms with Gasteiger partial charge in [-0.3, -0.25) is 4.79 Å². The van der Waals surface area contributed by atoms with Crippen LogP contribution in [0.2, 0.25) is 0 Å². The molecule has 1 aliphatic heterocycles. The molecule has 1 saturated carbocycles. The zero-order valence-electron chi connectivity index (χ0n) is 12.8. The first-order valence-electron chi connectivity index (χ1n) is 7.78. The van der Waals surface area contributed by atoms with Crippen molar-refractivity contribution in [1.29, 1.82) is 0 Å². The maximum atomic E-state index is 12.0. The van der Waals surface area contributed by atoms with Gasteiger partial charge in [-0.05, 0) is 58.0 Å². The number of rotatable bonds is 5. The summed E-state index contributed by atoms with van der Waals surface area (Å²) >= 11 is 0. The van der Waals surface area contributed by atoms with Crippen molar-refractivity contribution < 1.29 is 14.3 Å². The minimum absolute atomic E-state index is 0.225. The zero-order valence-corrected chi connectivity index (χ0v) is 12.8. The van der Waals surface area contributed by atoms with Crippen molar-refractivity contribution in [3.05, 3.63) is 0 Å². The van der Waals surface area contributed by atoms with Crippen molar-refractivity contribution in [2.24, 2.45) is 11.7 Å². The highest BCUT2D eigenvalue weighted by atomic mass is 16.5. The van der Waals surface area contributed by atoms with Crippen LogP contribution >= 0.6 is 0 Å². The fourth-order valence-electron chi connectivity index (χ4n) is 3.54. The van der Waals surface area contributed by atoms with Gasteiger partial charge in [0, 0.05) is 19.8 Å². The number of hydrogen-bond acceptors (Lipinski definition) is 5. The van der Waals surface area contributed by atoms with E-state index in [1.165, 1.54) is 12.8 Å². The number of carbonyl (C=O) groups excluding carboxylic acids is 1. The van der Waals surface area contributed by atoms with E-state index in [1.807, 2.05) is 6.92 Å². The Balaban J connectivity index is 1.83. The third-order valence-electron chi connectivity index (χ3n) is 4.77. The predicted molar refractivity (Wildman–Crippen MR) is 77.4 cm³/mol. The number of likely N-dealkylation sites (tertiary alicyclic amines) is 1. The second kappa shape index (κ2) is 6.87. The first-order valence-corrected chi connectivity index (χ1v) is 7.78. The minimum atomic E-state index is -0.760. The lowest BCUT2D eigenvalue weighted by molar-refractivity contribution is -0.149. The van der Waals surface area contributed by atoms with E-state index in [4.69, 9.17) is 15.2 Å². The summed E-state index contributed by atoms with van der Waals surface area (Å²) < 4.78 is 10.3. The number of piperidine rings is 1. The fraction of sp³-hybridized carbons (Fsp3) is 0.933. The van der Waals surface area contributed by atoms with Gasteiger partial charge in [-0.15, -0.1) is 0 Å². The molecule has 2 atom stereocenters. The maximum absolute atomic E-state index is 12.0. The van der Waals surface area contributed by atoms with Crippen LogP contribution in [0.15, 0.2) is 0 Å². The molecule has 116 valence electrons. The summed E-state index contributed by atoms with van der Waals surface area (Å²) in [6.45, 7) is 5.29. The average Bonchev–Trinajstić information content (AvgIpc) is 2.84. The monoisotopic (exact) mass is 284 g/mol. The van der Waals surface area contributed by atoms with Crippen molar-refractivity contribution in [2.75, 3.05) is 33.4 Å². The zero-order chi connectivity index (χ0) is 14.6. The molecule has 0 amide bonds. The van der Waals surface area contributed by atoms with E-state index in [-0.39, 0.29) is 5.97 Å². The normalized spacial score (nSPS) is 32.5. The summed E-state index contributed by atoms with van der Waals surface area (Å²) in [5.41, 5.74) is 5.48. The first-order chi connectivity index (χ1) is 9.59. The van der Waals surface area contributed by atoms with Gasteiger partial charge in [-0.1, -0.05) is 0 Å². The molecular weight excluding hydrogens is 256 g/mol. The minimum Gasteiger partial charge on any atom is -0.465 e. The van der Waals surface area contributed by atoms with E-state index < -0.39 is 5.54 Å². The van der Waals surface area contributed by atoms with Crippen molar-refractivity contribution >= 4 is 5.97 Å². The molecule has 0 aromatic carbocycles. The highest BCUT2D eigenvalue weighted by Crippen LogP contribution is 2.34. The lowest BCUT2D eigenvalue weighted by Crippen LogP contribution is -2.49. The molecule has 0 spiro atoms. The van der Waals surface area contributed by atoms with Gasteiger partial charge in [0.25, 0.3) is 0 Å². The Morgan fingerprint density at radius 1 is 1.35 bits per heavy atom. The largest absolute Gasteiger partial charge is 0.465 e. The second-order valence-corrected chi connectivity index (χ2v) is 6.21. The first kappa shape index (κ1) is 15.7. The van der Waals surface area contributed by atoms with E-state index in [0.717, 1.165) is 39.0 Å². The number of nitrogens with zero attached hydrogens (tertiary/aromatic N) is 1. The molecule has 20 heavy (non-hydrogen) atoms. The van der Waals surface area contributed by atoms with Gasteiger partial charge in [-0.25, -0.2) is 0 Å². The van der Waals surface area contributed by atoms with Crippen LogP contribution in [-0.2, 0) is 14.3 Å². The van der Waals surface area contributed by atoms with Gasteiger partial charge < -0.3 is 20.1 Å². The lowest BCUT2D eigenvalue weighted by atomic mass is 9.95. The SMILES string of the molecule is CCOC(=O)C1(N)CCC(N2CCC(COC)CC2)C1. The van der Waals surface area contributed by atoms with Gasteiger partial charge >= 0.3 is 5.97 Å². The molecule has 1 aliphatic carbocycles. The molecular formula is C15H28N2O3. The van der Waals surface area contributed by atoms with E-state index in [2.05, 4.69) is 4.90 Å². The summed E-state index contributed by atoms with van der Waals surface area (Å²) in [6.07, 6.45) is 4.85. The van der Waals surface area contributed by atoms with Gasteiger partial charge in [0.1, 0.15) is 5.54 Å².